The van der Waals surface area contributed by atoms with Crippen LogP contribution in [0.15, 0.2) is 18.2 Å². The quantitative estimate of drug-likeness (QED) is 0.578. The molecule has 0 spiro atoms. The number of aliphatic hydroxyl groups is 1. The van der Waals surface area contributed by atoms with Crippen molar-refractivity contribution in [1.29, 1.82) is 0 Å². The van der Waals surface area contributed by atoms with E-state index in [1.807, 2.05) is 0 Å². The van der Waals surface area contributed by atoms with Gasteiger partial charge in [0.25, 0.3) is 0 Å². The summed E-state index contributed by atoms with van der Waals surface area (Å²) in [6.45, 7) is 3.31. The van der Waals surface area contributed by atoms with Crippen molar-refractivity contribution < 1.29 is 14.6 Å². The van der Waals surface area contributed by atoms with Crippen LogP contribution in [0.5, 0.6) is 0 Å². The van der Waals surface area contributed by atoms with Crippen molar-refractivity contribution in [3.63, 3.8) is 0 Å². The number of hydrogen-bond donors (Lipinski definition) is 2. The molecule has 0 radical (unpaired) electrons. The molecule has 0 aliphatic rings. The van der Waals surface area contributed by atoms with Gasteiger partial charge in [0.1, 0.15) is 6.61 Å². The lowest BCUT2D eigenvalue weighted by atomic mass is 10.1. The molecule has 1 rings (SSSR count). The number of ether oxygens (including phenoxy) is 1. The van der Waals surface area contributed by atoms with Crippen LogP contribution in [-0.4, -0.2) is 23.8 Å². The molecule has 0 amide bonds. The monoisotopic (exact) mass is 209 g/mol. The van der Waals surface area contributed by atoms with Crippen LogP contribution in [0, 0.1) is 6.92 Å². The molecule has 82 valence electrons. The van der Waals surface area contributed by atoms with Gasteiger partial charge in [0.15, 0.2) is 0 Å². The van der Waals surface area contributed by atoms with Crippen molar-refractivity contribution in [1.82, 2.24) is 0 Å². The Hall–Kier alpha value is -1.55. The van der Waals surface area contributed by atoms with E-state index in [-0.39, 0.29) is 6.61 Å². The Balaban J connectivity index is 2.78. The SMILES string of the molecule is Cc1c(N)cccc1C(=O)OCC(C)O. The molecular weight excluding hydrogens is 194 g/mol. The van der Waals surface area contributed by atoms with Crippen LogP contribution < -0.4 is 5.73 Å². The molecule has 1 aromatic rings. The lowest BCUT2D eigenvalue weighted by Crippen LogP contribution is -2.16. The second kappa shape index (κ2) is 4.79. The molecule has 0 fully saturated rings. The topological polar surface area (TPSA) is 72.6 Å². The first-order valence-corrected chi connectivity index (χ1v) is 4.72. The highest BCUT2D eigenvalue weighted by atomic mass is 16.5. The molecule has 4 heteroatoms. The number of aliphatic hydroxyl groups excluding tert-OH is 1. The van der Waals surface area contributed by atoms with E-state index >= 15 is 0 Å². The van der Waals surface area contributed by atoms with Gasteiger partial charge in [-0.25, -0.2) is 4.79 Å². The highest BCUT2D eigenvalue weighted by Crippen LogP contribution is 2.16. The van der Waals surface area contributed by atoms with E-state index < -0.39 is 12.1 Å². The van der Waals surface area contributed by atoms with Crippen LogP contribution in [0.25, 0.3) is 0 Å². The second-order valence-corrected chi connectivity index (χ2v) is 3.47. The molecule has 3 N–H and O–H groups in total. The summed E-state index contributed by atoms with van der Waals surface area (Å²) in [5.74, 6) is -0.458. The van der Waals surface area contributed by atoms with Gasteiger partial charge < -0.3 is 15.6 Å². The van der Waals surface area contributed by atoms with Crippen molar-refractivity contribution in [2.24, 2.45) is 0 Å². The molecule has 1 unspecified atom stereocenters. The highest BCUT2D eigenvalue weighted by molar-refractivity contribution is 5.92. The van der Waals surface area contributed by atoms with Gasteiger partial charge in [0.05, 0.1) is 11.7 Å². The standard InChI is InChI=1S/C11H15NO3/c1-7(13)6-15-11(14)9-4-3-5-10(12)8(9)2/h3-5,7,13H,6,12H2,1-2H3. The summed E-state index contributed by atoms with van der Waals surface area (Å²) in [7, 11) is 0. The lowest BCUT2D eigenvalue weighted by Gasteiger charge is -2.09. The van der Waals surface area contributed by atoms with Gasteiger partial charge in [-0.15, -0.1) is 0 Å². The number of hydrogen-bond acceptors (Lipinski definition) is 4. The average molecular weight is 209 g/mol. The van der Waals surface area contributed by atoms with Crippen molar-refractivity contribution in [2.75, 3.05) is 12.3 Å². The summed E-state index contributed by atoms with van der Waals surface area (Å²) >= 11 is 0. The maximum atomic E-state index is 11.5. The van der Waals surface area contributed by atoms with Gasteiger partial charge in [0.2, 0.25) is 0 Å². The third-order valence-corrected chi connectivity index (χ3v) is 2.05. The molecule has 4 nitrogen and oxygen atoms in total. The van der Waals surface area contributed by atoms with Gasteiger partial charge in [-0.1, -0.05) is 6.07 Å². The minimum atomic E-state index is -0.657. The summed E-state index contributed by atoms with van der Waals surface area (Å²) in [4.78, 5) is 11.5. The summed E-state index contributed by atoms with van der Waals surface area (Å²) in [5.41, 5.74) is 7.36. The van der Waals surface area contributed by atoms with Gasteiger partial charge in [0, 0.05) is 5.69 Å². The molecule has 1 aromatic carbocycles. The Morgan fingerprint density at radius 1 is 1.60 bits per heavy atom. The normalized spacial score (nSPS) is 12.2. The summed E-state index contributed by atoms with van der Waals surface area (Å²) in [5, 5.41) is 8.97. The molecule has 0 saturated heterocycles. The minimum absolute atomic E-state index is 0.00687. The molecule has 0 aliphatic carbocycles. The largest absolute Gasteiger partial charge is 0.459 e. The zero-order valence-electron chi connectivity index (χ0n) is 8.86. The zero-order chi connectivity index (χ0) is 11.4. The molecule has 0 aromatic heterocycles. The van der Waals surface area contributed by atoms with Crippen LogP contribution in [0.1, 0.15) is 22.8 Å². The lowest BCUT2D eigenvalue weighted by molar-refractivity contribution is 0.0295. The number of esters is 1. The first-order chi connectivity index (χ1) is 7.02. The van der Waals surface area contributed by atoms with Crippen molar-refractivity contribution in [2.45, 2.75) is 20.0 Å². The van der Waals surface area contributed by atoms with E-state index in [1.165, 1.54) is 0 Å². The van der Waals surface area contributed by atoms with E-state index in [4.69, 9.17) is 15.6 Å². The number of anilines is 1. The number of rotatable bonds is 3. The molecule has 0 bridgehead atoms. The van der Waals surface area contributed by atoms with Crippen LogP contribution in [-0.2, 0) is 4.74 Å². The Labute approximate surface area is 88.7 Å². The predicted octanol–water partition coefficient (Wildman–Crippen LogP) is 1.11. The fourth-order valence-corrected chi connectivity index (χ4v) is 1.15. The van der Waals surface area contributed by atoms with E-state index in [1.54, 1.807) is 32.0 Å². The summed E-state index contributed by atoms with van der Waals surface area (Å²) in [6, 6.07) is 5.07. The average Bonchev–Trinajstić information content (AvgIpc) is 2.18. The molecule has 0 saturated carbocycles. The predicted molar refractivity (Wildman–Crippen MR) is 57.6 cm³/mol. The molecule has 0 aliphatic heterocycles. The van der Waals surface area contributed by atoms with Crippen LogP contribution in [0.3, 0.4) is 0 Å². The Bertz CT molecular complexity index is 361. The van der Waals surface area contributed by atoms with Gasteiger partial charge in [-0.3, -0.25) is 0 Å². The minimum Gasteiger partial charge on any atom is -0.459 e. The Morgan fingerprint density at radius 2 is 2.27 bits per heavy atom. The zero-order valence-corrected chi connectivity index (χ0v) is 8.86. The first-order valence-electron chi connectivity index (χ1n) is 4.72. The third kappa shape index (κ3) is 2.95. The highest BCUT2D eigenvalue weighted by Gasteiger charge is 2.12. The van der Waals surface area contributed by atoms with Crippen molar-refractivity contribution in [3.05, 3.63) is 29.3 Å². The van der Waals surface area contributed by atoms with Crippen molar-refractivity contribution >= 4 is 11.7 Å². The van der Waals surface area contributed by atoms with E-state index in [9.17, 15) is 4.79 Å². The summed E-state index contributed by atoms with van der Waals surface area (Å²) in [6.07, 6.45) is -0.657. The van der Waals surface area contributed by atoms with Gasteiger partial charge in [-0.05, 0) is 31.5 Å². The van der Waals surface area contributed by atoms with Crippen LogP contribution in [0.2, 0.25) is 0 Å². The van der Waals surface area contributed by atoms with Crippen LogP contribution >= 0.6 is 0 Å². The smallest absolute Gasteiger partial charge is 0.338 e. The van der Waals surface area contributed by atoms with Crippen LogP contribution in [0.4, 0.5) is 5.69 Å². The molecule has 15 heavy (non-hydrogen) atoms. The number of nitrogens with two attached hydrogens (primary N) is 1. The Kier molecular flexibility index (Phi) is 3.68. The van der Waals surface area contributed by atoms with Gasteiger partial charge >= 0.3 is 5.97 Å². The molecular formula is C11H15NO3. The number of carbonyl (C=O) groups excluding carboxylic acids is 1. The van der Waals surface area contributed by atoms with Gasteiger partial charge in [-0.2, -0.15) is 0 Å². The second-order valence-electron chi connectivity index (χ2n) is 3.47. The summed E-state index contributed by atoms with van der Waals surface area (Å²) < 4.78 is 4.88. The maximum Gasteiger partial charge on any atom is 0.338 e. The van der Waals surface area contributed by atoms with Crippen molar-refractivity contribution in [3.8, 4) is 0 Å². The first kappa shape index (κ1) is 11.5. The maximum absolute atomic E-state index is 11.5. The number of carbonyl (C=O) groups is 1. The number of nitrogen functional groups attached to an aromatic ring is 1. The third-order valence-electron chi connectivity index (χ3n) is 2.05. The number of benzene rings is 1. The van der Waals surface area contributed by atoms with E-state index in [0.717, 1.165) is 0 Å². The molecule has 0 heterocycles. The fraction of sp³-hybridized carbons (Fsp3) is 0.364. The Morgan fingerprint density at radius 3 is 2.87 bits per heavy atom. The van der Waals surface area contributed by atoms with E-state index in [0.29, 0.717) is 16.8 Å². The fourth-order valence-electron chi connectivity index (χ4n) is 1.15. The molecule has 1 atom stereocenters. The van der Waals surface area contributed by atoms with E-state index in [2.05, 4.69) is 0 Å².